The summed E-state index contributed by atoms with van der Waals surface area (Å²) >= 11 is 0. The first-order chi connectivity index (χ1) is 19.9. The minimum absolute atomic E-state index is 0.0240. The molecule has 0 aliphatic carbocycles. The van der Waals surface area contributed by atoms with Crippen molar-refractivity contribution in [1.82, 2.24) is 34.3 Å². The molecule has 1 aromatic carbocycles. The Morgan fingerprint density at radius 3 is 2.33 bits per heavy atom. The Bertz CT molecular complexity index is 1690. The van der Waals surface area contributed by atoms with Crippen LogP contribution in [-0.2, 0) is 20.9 Å². The van der Waals surface area contributed by atoms with E-state index in [0.29, 0.717) is 17.9 Å². The maximum atomic E-state index is 15.1. The average Bonchev–Trinajstić information content (AvgIpc) is 3.29. The van der Waals surface area contributed by atoms with Gasteiger partial charge in [0.25, 0.3) is 16.1 Å². The van der Waals surface area contributed by atoms with Gasteiger partial charge in [0.15, 0.2) is 17.5 Å². The molecule has 4 heterocycles. The summed E-state index contributed by atoms with van der Waals surface area (Å²) in [6, 6.07) is 6.12. The Morgan fingerprint density at radius 1 is 1.00 bits per heavy atom. The molecule has 42 heavy (non-hydrogen) atoms. The number of benzene rings is 1. The molecule has 3 aromatic heterocycles. The van der Waals surface area contributed by atoms with Gasteiger partial charge in [-0.15, -0.1) is 9.35 Å². The van der Waals surface area contributed by atoms with Gasteiger partial charge in [0.1, 0.15) is 17.0 Å². The van der Waals surface area contributed by atoms with Gasteiger partial charge in [0.2, 0.25) is 0 Å². The van der Waals surface area contributed by atoms with Gasteiger partial charge in [-0.05, 0) is 51.1 Å². The van der Waals surface area contributed by atoms with E-state index in [2.05, 4.69) is 36.7 Å². The van der Waals surface area contributed by atoms with Crippen LogP contribution in [0.4, 0.5) is 20.5 Å². The lowest BCUT2D eigenvalue weighted by Crippen LogP contribution is -2.45. The van der Waals surface area contributed by atoms with Crippen molar-refractivity contribution in [3.05, 3.63) is 59.7 Å². The van der Waals surface area contributed by atoms with Crippen molar-refractivity contribution in [3.8, 4) is 11.3 Å². The van der Waals surface area contributed by atoms with Gasteiger partial charge in [-0.3, -0.25) is 4.90 Å². The van der Waals surface area contributed by atoms with Gasteiger partial charge < -0.3 is 9.47 Å². The third kappa shape index (κ3) is 6.41. The van der Waals surface area contributed by atoms with Gasteiger partial charge in [0.05, 0.1) is 18.0 Å². The molecule has 0 spiro atoms. The number of rotatable bonds is 9. The number of anilines is 2. The van der Waals surface area contributed by atoms with Crippen molar-refractivity contribution >= 4 is 32.9 Å². The van der Waals surface area contributed by atoms with Crippen LogP contribution in [-0.4, -0.2) is 81.7 Å². The molecule has 14 heteroatoms. The molecule has 0 radical (unpaired) electrons. The van der Waals surface area contributed by atoms with E-state index in [1.807, 2.05) is 24.5 Å². The first-order valence-corrected chi connectivity index (χ1v) is 15.6. The van der Waals surface area contributed by atoms with E-state index in [1.54, 1.807) is 25.3 Å². The van der Waals surface area contributed by atoms with Crippen LogP contribution < -0.4 is 5.06 Å². The highest BCUT2D eigenvalue weighted by Gasteiger charge is 2.24. The highest BCUT2D eigenvalue weighted by molar-refractivity contribution is 7.86. The fraction of sp³-hybridized carbons (Fsp3) is 0.429. The standard InChI is InChI=1S/C28H34F2N8O3S/c1-6-35-9-11-36(12-10-35)17-20-7-8-25(31-15-20)38(41-42(5,39)40)28-32-16-23(30)26(34-28)21-13-22(29)27-24(14-21)37(18(2)3)19(4)33-27/h7-8,13-16,18H,6,9-12,17H2,1-5H3. The SMILES string of the molecule is CCN1CCN(Cc2ccc(N(OS(C)(=O)=O)c3ncc(F)c(-c4cc(F)c5nc(C)n(C(C)C)c5c4)n3)nc2)CC1. The zero-order chi connectivity index (χ0) is 30.2. The maximum absolute atomic E-state index is 15.1. The molecule has 11 nitrogen and oxygen atoms in total. The minimum atomic E-state index is -4.07. The number of hydrogen-bond acceptors (Lipinski definition) is 10. The number of hydrogen-bond donors (Lipinski definition) is 0. The molecule has 1 saturated heterocycles. The summed E-state index contributed by atoms with van der Waals surface area (Å²) in [5, 5.41) is 0.819. The molecule has 1 aliphatic rings. The molecule has 224 valence electrons. The molecular formula is C28H34F2N8O3S. The number of fused-ring (bicyclic) bond motifs is 1. The Hall–Kier alpha value is -3.59. The molecule has 0 bridgehead atoms. The van der Waals surface area contributed by atoms with E-state index < -0.39 is 21.8 Å². The Labute approximate surface area is 243 Å². The lowest BCUT2D eigenvalue weighted by atomic mass is 10.1. The topological polar surface area (TPSA) is 110 Å². The predicted molar refractivity (Wildman–Crippen MR) is 155 cm³/mol. The molecule has 0 N–H and O–H groups in total. The van der Waals surface area contributed by atoms with Crippen molar-refractivity contribution in [2.24, 2.45) is 0 Å². The number of piperazine rings is 1. The lowest BCUT2D eigenvalue weighted by molar-refractivity contribution is 0.132. The van der Waals surface area contributed by atoms with Crippen LogP contribution in [0.25, 0.3) is 22.3 Å². The van der Waals surface area contributed by atoms with E-state index in [4.69, 9.17) is 4.28 Å². The van der Waals surface area contributed by atoms with E-state index in [-0.39, 0.29) is 34.6 Å². The minimum Gasteiger partial charge on any atom is -0.326 e. The summed E-state index contributed by atoms with van der Waals surface area (Å²) in [5.74, 6) is -1.06. The summed E-state index contributed by atoms with van der Waals surface area (Å²) in [6.45, 7) is 13.4. The van der Waals surface area contributed by atoms with E-state index in [9.17, 15) is 8.42 Å². The van der Waals surface area contributed by atoms with Crippen molar-refractivity contribution in [2.75, 3.05) is 44.0 Å². The zero-order valence-electron chi connectivity index (χ0n) is 24.3. The molecule has 5 rings (SSSR count). The van der Waals surface area contributed by atoms with Crippen LogP contribution in [0.5, 0.6) is 0 Å². The van der Waals surface area contributed by atoms with Crippen LogP contribution in [0.1, 0.15) is 38.2 Å². The van der Waals surface area contributed by atoms with Crippen LogP contribution in [0, 0.1) is 18.6 Å². The Balaban J connectivity index is 1.49. The average molecular weight is 601 g/mol. The van der Waals surface area contributed by atoms with Gasteiger partial charge in [-0.2, -0.15) is 8.42 Å². The summed E-state index contributed by atoms with van der Waals surface area (Å²) < 4.78 is 61.7. The second kappa shape index (κ2) is 12.0. The normalized spacial score (nSPS) is 15.1. The van der Waals surface area contributed by atoms with Gasteiger partial charge in [-0.25, -0.2) is 28.7 Å². The van der Waals surface area contributed by atoms with Crippen molar-refractivity contribution < 1.29 is 21.5 Å². The third-order valence-electron chi connectivity index (χ3n) is 7.17. The molecule has 1 fully saturated rings. The lowest BCUT2D eigenvalue weighted by Gasteiger charge is -2.34. The molecule has 0 unspecified atom stereocenters. The monoisotopic (exact) mass is 600 g/mol. The quantitative estimate of drug-likeness (QED) is 0.259. The predicted octanol–water partition coefficient (Wildman–Crippen LogP) is 4.22. The van der Waals surface area contributed by atoms with Crippen molar-refractivity contribution in [3.63, 3.8) is 0 Å². The fourth-order valence-electron chi connectivity index (χ4n) is 5.18. The molecule has 4 aromatic rings. The smallest absolute Gasteiger partial charge is 0.285 e. The van der Waals surface area contributed by atoms with Crippen LogP contribution in [0.3, 0.4) is 0 Å². The van der Waals surface area contributed by atoms with E-state index >= 15 is 8.78 Å². The Kier molecular flexibility index (Phi) is 8.51. The molecule has 1 aliphatic heterocycles. The third-order valence-corrected chi connectivity index (χ3v) is 7.59. The number of nitrogens with zero attached hydrogens (tertiary/aromatic N) is 8. The highest BCUT2D eigenvalue weighted by atomic mass is 32.2. The highest BCUT2D eigenvalue weighted by Crippen LogP contribution is 2.32. The van der Waals surface area contributed by atoms with Gasteiger partial charge >= 0.3 is 0 Å². The number of likely N-dealkylation sites (N-methyl/N-ethyl adjacent to an activating group) is 1. The summed E-state index contributed by atoms with van der Waals surface area (Å²) in [5.41, 5.74) is 1.48. The summed E-state index contributed by atoms with van der Waals surface area (Å²) in [4.78, 5) is 21.7. The first kappa shape index (κ1) is 29.9. The second-order valence-electron chi connectivity index (χ2n) is 10.6. The fourth-order valence-corrected chi connectivity index (χ4v) is 5.59. The second-order valence-corrected chi connectivity index (χ2v) is 12.2. The van der Waals surface area contributed by atoms with Crippen LogP contribution in [0.15, 0.2) is 36.7 Å². The molecular weight excluding hydrogens is 566 g/mol. The van der Waals surface area contributed by atoms with Gasteiger partial charge in [-0.1, -0.05) is 13.0 Å². The molecule has 0 amide bonds. The summed E-state index contributed by atoms with van der Waals surface area (Å²) in [7, 11) is -4.07. The number of aromatic nitrogens is 5. The maximum Gasteiger partial charge on any atom is 0.285 e. The van der Waals surface area contributed by atoms with Crippen molar-refractivity contribution in [2.45, 2.75) is 40.3 Å². The molecule has 0 atom stereocenters. The van der Waals surface area contributed by atoms with Gasteiger partial charge in [0, 0.05) is 50.5 Å². The molecule has 0 saturated carbocycles. The van der Waals surface area contributed by atoms with Crippen molar-refractivity contribution in [1.29, 1.82) is 0 Å². The van der Waals surface area contributed by atoms with Crippen LogP contribution in [0.2, 0.25) is 0 Å². The Morgan fingerprint density at radius 2 is 1.71 bits per heavy atom. The largest absolute Gasteiger partial charge is 0.326 e. The first-order valence-electron chi connectivity index (χ1n) is 13.7. The summed E-state index contributed by atoms with van der Waals surface area (Å²) in [6.07, 6.45) is 3.38. The number of pyridine rings is 1. The number of halogens is 2. The number of imidazole rings is 1. The number of aryl methyl sites for hydroxylation is 1. The van der Waals surface area contributed by atoms with E-state index in [0.717, 1.165) is 61.9 Å². The zero-order valence-corrected chi connectivity index (χ0v) is 25.1. The van der Waals surface area contributed by atoms with E-state index in [1.165, 1.54) is 0 Å². The van der Waals surface area contributed by atoms with Crippen LogP contribution >= 0.6 is 0 Å².